The minimum absolute atomic E-state index is 0.109. The molecule has 0 aliphatic carbocycles. The van der Waals surface area contributed by atoms with Crippen molar-refractivity contribution in [2.45, 2.75) is 13.3 Å². The van der Waals surface area contributed by atoms with E-state index in [4.69, 9.17) is 9.84 Å². The number of hydrogen-bond acceptors (Lipinski definition) is 3. The van der Waals surface area contributed by atoms with Gasteiger partial charge in [0.25, 0.3) is 0 Å². The van der Waals surface area contributed by atoms with Gasteiger partial charge >= 0.3 is 0 Å². The Labute approximate surface area is 118 Å². The van der Waals surface area contributed by atoms with Crippen LogP contribution in [0.4, 0.5) is 4.39 Å². The molecule has 0 radical (unpaired) electrons. The highest BCUT2D eigenvalue weighted by molar-refractivity contribution is 5.91. The minimum Gasteiger partial charge on any atom is -0.494 e. The topological polar surface area (TPSA) is 58.6 Å². The molecule has 1 unspecified atom stereocenters. The number of carbonyl (C=O) groups is 1. The molecule has 1 atom stereocenters. The van der Waals surface area contributed by atoms with Gasteiger partial charge in [-0.05, 0) is 36.1 Å². The van der Waals surface area contributed by atoms with Crippen molar-refractivity contribution in [3.05, 3.63) is 35.7 Å². The SMILES string of the molecule is COc1ccc(/C=C/C(=O)NCC(C)CCO)cc1F. The molecule has 2 N–H and O–H groups in total. The predicted octanol–water partition coefficient (Wildman–Crippen LogP) is 1.98. The number of ether oxygens (including phenoxy) is 1. The number of rotatable bonds is 7. The summed E-state index contributed by atoms with van der Waals surface area (Å²) in [4.78, 5) is 11.6. The van der Waals surface area contributed by atoms with Gasteiger partial charge in [0.2, 0.25) is 5.91 Å². The minimum atomic E-state index is -0.466. The number of amides is 1. The van der Waals surface area contributed by atoms with Crippen LogP contribution in [0.2, 0.25) is 0 Å². The first-order valence-corrected chi connectivity index (χ1v) is 6.47. The van der Waals surface area contributed by atoms with Crippen LogP contribution < -0.4 is 10.1 Å². The van der Waals surface area contributed by atoms with Gasteiger partial charge in [0, 0.05) is 19.2 Å². The second-order valence-corrected chi connectivity index (χ2v) is 4.59. The number of carbonyl (C=O) groups excluding carboxylic acids is 1. The van der Waals surface area contributed by atoms with Crippen molar-refractivity contribution in [2.24, 2.45) is 5.92 Å². The molecule has 110 valence electrons. The molecule has 1 aromatic carbocycles. The lowest BCUT2D eigenvalue weighted by Gasteiger charge is -2.09. The van der Waals surface area contributed by atoms with Crippen molar-refractivity contribution in [2.75, 3.05) is 20.3 Å². The monoisotopic (exact) mass is 281 g/mol. The Balaban J connectivity index is 2.51. The molecule has 4 nitrogen and oxygen atoms in total. The van der Waals surface area contributed by atoms with Crippen molar-refractivity contribution >= 4 is 12.0 Å². The lowest BCUT2D eigenvalue weighted by atomic mass is 10.1. The largest absolute Gasteiger partial charge is 0.494 e. The number of benzene rings is 1. The van der Waals surface area contributed by atoms with E-state index < -0.39 is 5.82 Å². The van der Waals surface area contributed by atoms with Gasteiger partial charge in [0.1, 0.15) is 0 Å². The molecule has 20 heavy (non-hydrogen) atoms. The fourth-order valence-electron chi connectivity index (χ4n) is 1.61. The summed E-state index contributed by atoms with van der Waals surface area (Å²) >= 11 is 0. The molecule has 1 aromatic rings. The lowest BCUT2D eigenvalue weighted by molar-refractivity contribution is -0.116. The van der Waals surface area contributed by atoms with Crippen molar-refractivity contribution in [1.82, 2.24) is 5.32 Å². The molecule has 0 fully saturated rings. The molecule has 0 aliphatic rings. The van der Waals surface area contributed by atoms with Crippen LogP contribution >= 0.6 is 0 Å². The molecular weight excluding hydrogens is 261 g/mol. The Morgan fingerprint density at radius 2 is 2.30 bits per heavy atom. The zero-order valence-electron chi connectivity index (χ0n) is 11.7. The van der Waals surface area contributed by atoms with Crippen LogP contribution in [-0.2, 0) is 4.79 Å². The van der Waals surface area contributed by atoms with Crippen LogP contribution in [-0.4, -0.2) is 31.3 Å². The Morgan fingerprint density at radius 1 is 1.55 bits per heavy atom. The maximum Gasteiger partial charge on any atom is 0.244 e. The van der Waals surface area contributed by atoms with Crippen LogP contribution in [0.3, 0.4) is 0 Å². The van der Waals surface area contributed by atoms with Crippen molar-refractivity contribution in [3.63, 3.8) is 0 Å². The summed E-state index contributed by atoms with van der Waals surface area (Å²) in [5.41, 5.74) is 0.585. The van der Waals surface area contributed by atoms with E-state index >= 15 is 0 Å². The highest BCUT2D eigenvalue weighted by Gasteiger charge is 2.04. The molecule has 0 aliphatic heterocycles. The van der Waals surface area contributed by atoms with E-state index in [1.165, 1.54) is 31.4 Å². The number of halogens is 1. The Morgan fingerprint density at radius 3 is 2.90 bits per heavy atom. The molecule has 0 bridgehead atoms. The van der Waals surface area contributed by atoms with Gasteiger partial charge in [-0.25, -0.2) is 4.39 Å². The van der Waals surface area contributed by atoms with E-state index in [1.54, 1.807) is 6.07 Å². The molecule has 0 heterocycles. The molecule has 0 saturated heterocycles. The first kappa shape index (κ1) is 16.2. The average molecular weight is 281 g/mol. The van der Waals surface area contributed by atoms with Crippen LogP contribution in [0.5, 0.6) is 5.75 Å². The smallest absolute Gasteiger partial charge is 0.244 e. The highest BCUT2D eigenvalue weighted by atomic mass is 19.1. The number of aliphatic hydroxyl groups excluding tert-OH is 1. The molecule has 0 spiro atoms. The van der Waals surface area contributed by atoms with Crippen LogP contribution in [0.25, 0.3) is 6.08 Å². The summed E-state index contributed by atoms with van der Waals surface area (Å²) in [6.45, 7) is 2.55. The summed E-state index contributed by atoms with van der Waals surface area (Å²) in [7, 11) is 1.40. The first-order chi connectivity index (χ1) is 9.56. The van der Waals surface area contributed by atoms with Gasteiger partial charge in [-0.3, -0.25) is 4.79 Å². The van der Waals surface area contributed by atoms with Gasteiger partial charge in [-0.1, -0.05) is 13.0 Å². The van der Waals surface area contributed by atoms with Crippen molar-refractivity contribution in [1.29, 1.82) is 0 Å². The van der Waals surface area contributed by atoms with Crippen molar-refractivity contribution < 1.29 is 19.0 Å². The van der Waals surface area contributed by atoms with Gasteiger partial charge in [-0.15, -0.1) is 0 Å². The van der Waals surface area contributed by atoms with E-state index in [0.717, 1.165) is 0 Å². The second-order valence-electron chi connectivity index (χ2n) is 4.59. The van der Waals surface area contributed by atoms with Crippen LogP contribution in [0.1, 0.15) is 18.9 Å². The van der Waals surface area contributed by atoms with E-state index in [9.17, 15) is 9.18 Å². The van der Waals surface area contributed by atoms with Gasteiger partial charge in [0.15, 0.2) is 11.6 Å². The number of hydrogen-bond donors (Lipinski definition) is 2. The third-order valence-electron chi connectivity index (χ3n) is 2.85. The normalized spacial score (nSPS) is 12.4. The highest BCUT2D eigenvalue weighted by Crippen LogP contribution is 2.18. The fourth-order valence-corrected chi connectivity index (χ4v) is 1.61. The van der Waals surface area contributed by atoms with Gasteiger partial charge < -0.3 is 15.2 Å². The lowest BCUT2D eigenvalue weighted by Crippen LogP contribution is -2.26. The summed E-state index contributed by atoms with van der Waals surface area (Å²) in [5.74, 6) is -0.321. The second kappa shape index (κ2) is 8.32. The number of methoxy groups -OCH3 is 1. The van der Waals surface area contributed by atoms with E-state index in [0.29, 0.717) is 18.5 Å². The summed E-state index contributed by atoms with van der Waals surface area (Å²) in [6.07, 6.45) is 3.54. The number of aliphatic hydroxyl groups is 1. The maximum absolute atomic E-state index is 13.4. The first-order valence-electron chi connectivity index (χ1n) is 6.47. The quantitative estimate of drug-likeness (QED) is 0.751. The molecule has 1 rings (SSSR count). The van der Waals surface area contributed by atoms with E-state index in [2.05, 4.69) is 5.32 Å². The zero-order chi connectivity index (χ0) is 15.0. The summed E-state index contributed by atoms with van der Waals surface area (Å²) in [6, 6.07) is 4.48. The van der Waals surface area contributed by atoms with Crippen LogP contribution in [0.15, 0.2) is 24.3 Å². The number of nitrogens with one attached hydrogen (secondary N) is 1. The Kier molecular flexibility index (Phi) is 6.73. The molecule has 5 heteroatoms. The molecule has 0 saturated carbocycles. The summed E-state index contributed by atoms with van der Waals surface area (Å²) in [5, 5.41) is 11.5. The zero-order valence-corrected chi connectivity index (χ0v) is 11.7. The molecular formula is C15H20FNO3. The maximum atomic E-state index is 13.4. The van der Waals surface area contributed by atoms with Crippen LogP contribution in [0, 0.1) is 11.7 Å². The average Bonchev–Trinajstić information content (AvgIpc) is 2.43. The fraction of sp³-hybridized carbons (Fsp3) is 0.400. The standard InChI is InChI=1S/C15H20FNO3/c1-11(7-8-18)10-17-15(19)6-4-12-3-5-14(20-2)13(16)9-12/h3-6,9,11,18H,7-8,10H2,1-2H3,(H,17,19)/b6-4+. The Bertz CT molecular complexity index is 474. The molecule has 0 aromatic heterocycles. The van der Waals surface area contributed by atoms with E-state index in [-0.39, 0.29) is 24.2 Å². The predicted molar refractivity (Wildman–Crippen MR) is 75.9 cm³/mol. The third-order valence-corrected chi connectivity index (χ3v) is 2.85. The van der Waals surface area contributed by atoms with E-state index in [1.807, 2.05) is 6.92 Å². The van der Waals surface area contributed by atoms with Crippen molar-refractivity contribution in [3.8, 4) is 5.75 Å². The van der Waals surface area contributed by atoms with Gasteiger partial charge in [-0.2, -0.15) is 0 Å². The summed E-state index contributed by atoms with van der Waals surface area (Å²) < 4.78 is 18.2. The van der Waals surface area contributed by atoms with Gasteiger partial charge in [0.05, 0.1) is 7.11 Å². The Hall–Kier alpha value is -1.88. The molecule has 1 amide bonds. The third kappa shape index (κ3) is 5.40.